The Hall–Kier alpha value is -1.10. The minimum Gasteiger partial charge on any atom is -0.433 e. The van der Waals surface area contributed by atoms with E-state index in [0.717, 1.165) is 25.9 Å². The van der Waals surface area contributed by atoms with Crippen LogP contribution in [0.1, 0.15) is 33.1 Å². The van der Waals surface area contributed by atoms with Crippen molar-refractivity contribution in [1.82, 2.24) is 9.80 Å². The maximum Gasteiger partial charge on any atom is 0.418 e. The minimum atomic E-state index is -0.993. The van der Waals surface area contributed by atoms with Crippen LogP contribution in [0.15, 0.2) is 0 Å². The summed E-state index contributed by atoms with van der Waals surface area (Å²) in [7, 11) is 0. The van der Waals surface area contributed by atoms with E-state index in [-0.39, 0.29) is 5.91 Å². The van der Waals surface area contributed by atoms with Crippen LogP contribution in [0.4, 0.5) is 4.79 Å². The molecule has 2 rings (SSSR count). The van der Waals surface area contributed by atoms with E-state index in [4.69, 9.17) is 4.74 Å². The first kappa shape index (κ1) is 11.4. The molecule has 2 saturated heterocycles. The van der Waals surface area contributed by atoms with Gasteiger partial charge in [-0.25, -0.2) is 9.69 Å². The van der Waals surface area contributed by atoms with E-state index < -0.39 is 11.7 Å². The maximum atomic E-state index is 11.9. The van der Waals surface area contributed by atoms with Gasteiger partial charge in [0.25, 0.3) is 5.91 Å². The van der Waals surface area contributed by atoms with Gasteiger partial charge >= 0.3 is 6.09 Å². The molecule has 0 radical (unpaired) electrons. The number of nitrogens with zero attached hydrogens (tertiary/aromatic N) is 2. The fraction of sp³-hybridized carbons (Fsp3) is 0.818. The molecule has 2 aliphatic rings. The number of piperidine rings is 1. The van der Waals surface area contributed by atoms with Crippen molar-refractivity contribution < 1.29 is 14.3 Å². The van der Waals surface area contributed by atoms with Crippen LogP contribution in [0.2, 0.25) is 0 Å². The number of rotatable bonds is 2. The molecule has 2 aliphatic heterocycles. The Balaban J connectivity index is 1.99. The van der Waals surface area contributed by atoms with E-state index in [0.29, 0.717) is 6.67 Å². The van der Waals surface area contributed by atoms with Crippen molar-refractivity contribution in [3.8, 4) is 0 Å². The van der Waals surface area contributed by atoms with Gasteiger partial charge < -0.3 is 4.74 Å². The van der Waals surface area contributed by atoms with Crippen LogP contribution in [0.25, 0.3) is 0 Å². The number of hydrogen-bond acceptors (Lipinski definition) is 4. The molecule has 0 aromatic rings. The highest BCUT2D eigenvalue weighted by Crippen LogP contribution is 2.24. The van der Waals surface area contributed by atoms with Crippen LogP contribution in [0.3, 0.4) is 0 Å². The molecule has 0 N–H and O–H groups in total. The summed E-state index contributed by atoms with van der Waals surface area (Å²) in [5.41, 5.74) is -0.993. The van der Waals surface area contributed by atoms with Crippen molar-refractivity contribution >= 4 is 12.0 Å². The van der Waals surface area contributed by atoms with E-state index in [1.807, 2.05) is 0 Å². The molecule has 5 nitrogen and oxygen atoms in total. The molecule has 0 spiro atoms. The first-order chi connectivity index (χ1) is 7.50. The van der Waals surface area contributed by atoms with Crippen LogP contribution >= 0.6 is 0 Å². The third kappa shape index (κ3) is 2.04. The lowest BCUT2D eigenvalue weighted by molar-refractivity contribution is -0.135. The molecule has 0 aromatic heterocycles. The average molecular weight is 226 g/mol. The van der Waals surface area contributed by atoms with Gasteiger partial charge in [0.1, 0.15) is 0 Å². The average Bonchev–Trinajstić information content (AvgIpc) is 2.42. The van der Waals surface area contributed by atoms with Crippen molar-refractivity contribution in [3.63, 3.8) is 0 Å². The number of ether oxygens (including phenoxy) is 1. The number of hydrogen-bond donors (Lipinski definition) is 0. The molecule has 5 heteroatoms. The van der Waals surface area contributed by atoms with Gasteiger partial charge in [0.15, 0.2) is 5.60 Å². The van der Waals surface area contributed by atoms with Gasteiger partial charge in [-0.3, -0.25) is 9.69 Å². The highest BCUT2D eigenvalue weighted by atomic mass is 16.6. The van der Waals surface area contributed by atoms with Crippen LogP contribution in [0, 0.1) is 0 Å². The highest BCUT2D eigenvalue weighted by Gasteiger charge is 2.47. The third-order valence-electron chi connectivity index (χ3n) is 3.11. The molecular weight excluding hydrogens is 208 g/mol. The standard InChI is InChI=1S/C11H18N2O3/c1-11(2)9(14)13(10(15)16-11)8-12-6-4-3-5-7-12/h3-8H2,1-2H3. The summed E-state index contributed by atoms with van der Waals surface area (Å²) in [5, 5.41) is 0. The second kappa shape index (κ2) is 4.05. The first-order valence-electron chi connectivity index (χ1n) is 5.78. The zero-order valence-corrected chi connectivity index (χ0v) is 9.86. The topological polar surface area (TPSA) is 49.9 Å². The van der Waals surface area contributed by atoms with E-state index in [2.05, 4.69) is 4.90 Å². The normalized spacial score (nSPS) is 26.0. The lowest BCUT2D eigenvalue weighted by atomic mass is 10.1. The predicted molar refractivity (Wildman–Crippen MR) is 57.7 cm³/mol. The van der Waals surface area contributed by atoms with Gasteiger partial charge in [0, 0.05) is 0 Å². The van der Waals surface area contributed by atoms with Gasteiger partial charge in [-0.05, 0) is 39.8 Å². The summed E-state index contributed by atoms with van der Waals surface area (Å²) in [5.74, 6) is -0.233. The van der Waals surface area contributed by atoms with Gasteiger partial charge in [0.2, 0.25) is 0 Å². The van der Waals surface area contributed by atoms with E-state index in [1.54, 1.807) is 13.8 Å². The van der Waals surface area contributed by atoms with Gasteiger partial charge in [-0.15, -0.1) is 0 Å². The zero-order chi connectivity index (χ0) is 11.8. The number of likely N-dealkylation sites (tertiary alicyclic amines) is 1. The van der Waals surface area contributed by atoms with Crippen LogP contribution in [-0.4, -0.2) is 47.2 Å². The second-order valence-corrected chi connectivity index (χ2v) is 4.93. The monoisotopic (exact) mass is 226 g/mol. The molecule has 0 atom stereocenters. The van der Waals surface area contributed by atoms with Crippen LogP contribution in [0.5, 0.6) is 0 Å². The molecule has 2 heterocycles. The summed E-state index contributed by atoms with van der Waals surface area (Å²) < 4.78 is 5.03. The lowest BCUT2D eigenvalue weighted by Crippen LogP contribution is -2.45. The Morgan fingerprint density at radius 3 is 2.31 bits per heavy atom. The molecular formula is C11H18N2O3. The second-order valence-electron chi connectivity index (χ2n) is 4.93. The SMILES string of the molecule is CC1(C)OC(=O)N(CN2CCCCC2)C1=O. The van der Waals surface area contributed by atoms with Crippen LogP contribution in [-0.2, 0) is 9.53 Å². The smallest absolute Gasteiger partial charge is 0.418 e. The number of amides is 2. The Labute approximate surface area is 95.3 Å². The largest absolute Gasteiger partial charge is 0.433 e. The van der Waals surface area contributed by atoms with Crippen molar-refractivity contribution in [2.24, 2.45) is 0 Å². The molecule has 0 aromatic carbocycles. The third-order valence-corrected chi connectivity index (χ3v) is 3.11. The van der Waals surface area contributed by atoms with E-state index in [9.17, 15) is 9.59 Å². The van der Waals surface area contributed by atoms with Crippen molar-refractivity contribution in [3.05, 3.63) is 0 Å². The number of carbonyl (C=O) groups excluding carboxylic acids is 2. The Bertz CT molecular complexity index is 308. The summed E-state index contributed by atoms with van der Waals surface area (Å²) in [6.07, 6.45) is 3.00. The number of cyclic esters (lactones) is 1. The Kier molecular flexibility index (Phi) is 2.88. The Morgan fingerprint density at radius 2 is 1.81 bits per heavy atom. The summed E-state index contributed by atoms with van der Waals surface area (Å²) in [6.45, 7) is 5.54. The van der Waals surface area contributed by atoms with Gasteiger partial charge in [-0.1, -0.05) is 6.42 Å². The Morgan fingerprint density at radius 1 is 1.19 bits per heavy atom. The van der Waals surface area contributed by atoms with Crippen molar-refractivity contribution in [1.29, 1.82) is 0 Å². The molecule has 0 aliphatic carbocycles. The quantitative estimate of drug-likeness (QED) is 0.709. The molecule has 0 bridgehead atoms. The summed E-state index contributed by atoms with van der Waals surface area (Å²) >= 11 is 0. The molecule has 2 fully saturated rings. The van der Waals surface area contributed by atoms with Crippen molar-refractivity contribution in [2.75, 3.05) is 19.8 Å². The molecule has 2 amide bonds. The number of carbonyl (C=O) groups is 2. The molecule has 16 heavy (non-hydrogen) atoms. The fourth-order valence-corrected chi connectivity index (χ4v) is 2.15. The first-order valence-corrected chi connectivity index (χ1v) is 5.78. The minimum absolute atomic E-state index is 0.233. The summed E-state index contributed by atoms with van der Waals surface area (Å²) in [6, 6.07) is 0. The lowest BCUT2D eigenvalue weighted by Gasteiger charge is -2.28. The molecule has 0 unspecified atom stereocenters. The van der Waals surface area contributed by atoms with E-state index in [1.165, 1.54) is 11.3 Å². The van der Waals surface area contributed by atoms with Crippen molar-refractivity contribution in [2.45, 2.75) is 38.7 Å². The zero-order valence-electron chi connectivity index (χ0n) is 9.86. The predicted octanol–water partition coefficient (Wildman–Crippen LogP) is 1.19. The van der Waals surface area contributed by atoms with Gasteiger partial charge in [0.05, 0.1) is 6.67 Å². The van der Waals surface area contributed by atoms with Crippen LogP contribution < -0.4 is 0 Å². The van der Waals surface area contributed by atoms with Gasteiger partial charge in [-0.2, -0.15) is 0 Å². The summed E-state index contributed by atoms with van der Waals surface area (Å²) in [4.78, 5) is 26.7. The highest BCUT2D eigenvalue weighted by molar-refractivity contribution is 6.02. The molecule has 90 valence electrons. The number of imide groups is 1. The van der Waals surface area contributed by atoms with E-state index >= 15 is 0 Å². The maximum absolute atomic E-state index is 11.9. The fourth-order valence-electron chi connectivity index (χ4n) is 2.15. The molecule has 0 saturated carbocycles.